The first-order valence-electron chi connectivity index (χ1n) is 10.2. The molecule has 0 radical (unpaired) electrons. The number of esters is 1. The van der Waals surface area contributed by atoms with Gasteiger partial charge in [-0.25, -0.2) is 0 Å². The van der Waals surface area contributed by atoms with E-state index in [1.165, 1.54) is 0 Å². The van der Waals surface area contributed by atoms with Gasteiger partial charge in [0.2, 0.25) is 0 Å². The quantitative estimate of drug-likeness (QED) is 0.284. The minimum Gasteiger partial charge on any atom is -0.490 e. The molecule has 2 amide bonds. The molecule has 1 heterocycles. The molecule has 0 spiro atoms. The maximum absolute atomic E-state index is 12.6. The summed E-state index contributed by atoms with van der Waals surface area (Å²) in [5.74, 6) is 0.115. The van der Waals surface area contributed by atoms with E-state index in [1.807, 2.05) is 27.7 Å². The van der Waals surface area contributed by atoms with Gasteiger partial charge in [0.05, 0.1) is 24.2 Å². The summed E-state index contributed by atoms with van der Waals surface area (Å²) >= 11 is 0.803. The smallest absolute Gasteiger partial charge is 0.326 e. The number of hydrogen-bond donors (Lipinski definition) is 0. The van der Waals surface area contributed by atoms with Gasteiger partial charge in [0, 0.05) is 0 Å². The Balaban J connectivity index is 2.14. The normalized spacial score (nSPS) is 16.1. The van der Waals surface area contributed by atoms with E-state index in [4.69, 9.17) is 14.2 Å². The molecule has 0 aromatic heterocycles. The fourth-order valence-electron chi connectivity index (χ4n) is 2.57. The topological polar surface area (TPSA) is 82.1 Å². The van der Waals surface area contributed by atoms with E-state index >= 15 is 0 Å². The SMILES string of the molecule is CCCCOC(=O)CN1C(=O)S/C(=C/c2ccc(O[C@H](C)CC)c(OCC)c2)C1=O. The van der Waals surface area contributed by atoms with Crippen LogP contribution in [0.15, 0.2) is 23.1 Å². The fourth-order valence-corrected chi connectivity index (χ4v) is 3.41. The standard InChI is InChI=1S/C22H29NO6S/c1-5-8-11-28-20(24)14-23-21(25)19(30-22(23)26)13-16-9-10-17(29-15(4)6-2)18(12-16)27-7-3/h9-10,12-13,15H,5-8,11,14H2,1-4H3/b19-13+/t15-/m1/s1. The third-order valence-corrected chi connectivity index (χ3v) is 5.30. The summed E-state index contributed by atoms with van der Waals surface area (Å²) in [4.78, 5) is 37.8. The third kappa shape index (κ3) is 6.52. The zero-order valence-corrected chi connectivity index (χ0v) is 18.8. The van der Waals surface area contributed by atoms with Gasteiger partial charge >= 0.3 is 5.97 Å². The third-order valence-electron chi connectivity index (χ3n) is 4.39. The van der Waals surface area contributed by atoms with Crippen molar-refractivity contribution in [3.05, 3.63) is 28.7 Å². The maximum Gasteiger partial charge on any atom is 0.326 e. The van der Waals surface area contributed by atoms with Crippen molar-refractivity contribution in [1.29, 1.82) is 0 Å². The molecule has 0 unspecified atom stereocenters. The highest BCUT2D eigenvalue weighted by molar-refractivity contribution is 8.18. The number of unbranched alkanes of at least 4 members (excludes halogenated alkanes) is 1. The first-order chi connectivity index (χ1) is 14.4. The first-order valence-corrected chi connectivity index (χ1v) is 11.1. The van der Waals surface area contributed by atoms with Crippen molar-refractivity contribution in [2.75, 3.05) is 19.8 Å². The maximum atomic E-state index is 12.6. The average Bonchev–Trinajstić information content (AvgIpc) is 2.97. The summed E-state index contributed by atoms with van der Waals surface area (Å²) in [6, 6.07) is 5.36. The van der Waals surface area contributed by atoms with E-state index in [9.17, 15) is 14.4 Å². The minimum atomic E-state index is -0.586. The number of thioether (sulfide) groups is 1. The van der Waals surface area contributed by atoms with Crippen LogP contribution in [0.3, 0.4) is 0 Å². The van der Waals surface area contributed by atoms with Crippen molar-refractivity contribution in [3.63, 3.8) is 0 Å². The van der Waals surface area contributed by atoms with Crippen LogP contribution in [0.5, 0.6) is 11.5 Å². The average molecular weight is 436 g/mol. The van der Waals surface area contributed by atoms with Crippen LogP contribution >= 0.6 is 11.8 Å². The second kappa shape index (κ2) is 11.6. The van der Waals surface area contributed by atoms with Gasteiger partial charge in [-0.05, 0) is 62.2 Å². The lowest BCUT2D eigenvalue weighted by molar-refractivity contribution is -0.146. The first kappa shape index (κ1) is 23.8. The molecule has 1 aromatic carbocycles. The summed E-state index contributed by atoms with van der Waals surface area (Å²) in [6.45, 7) is 8.25. The highest BCUT2D eigenvalue weighted by Crippen LogP contribution is 2.35. The number of carbonyl (C=O) groups is 3. The zero-order valence-electron chi connectivity index (χ0n) is 17.9. The molecule has 1 aliphatic rings. The molecule has 7 nitrogen and oxygen atoms in total. The molecule has 2 rings (SSSR count). The number of carbonyl (C=O) groups excluding carboxylic acids is 3. The van der Waals surface area contributed by atoms with Crippen LogP contribution in [0.1, 0.15) is 52.5 Å². The Kier molecular flexibility index (Phi) is 9.23. The fraction of sp³-hybridized carbons (Fsp3) is 0.500. The van der Waals surface area contributed by atoms with Crippen LogP contribution < -0.4 is 9.47 Å². The zero-order chi connectivity index (χ0) is 22.1. The lowest BCUT2D eigenvalue weighted by atomic mass is 10.1. The van der Waals surface area contributed by atoms with Gasteiger partial charge in [-0.15, -0.1) is 0 Å². The summed E-state index contributed by atoms with van der Waals surface area (Å²) in [7, 11) is 0. The number of imide groups is 1. The molecule has 0 saturated carbocycles. The molecule has 0 aliphatic carbocycles. The van der Waals surface area contributed by atoms with Gasteiger partial charge in [-0.1, -0.05) is 26.3 Å². The lowest BCUT2D eigenvalue weighted by Gasteiger charge is -2.16. The Morgan fingerprint density at radius 1 is 1.20 bits per heavy atom. The molecule has 1 atom stereocenters. The van der Waals surface area contributed by atoms with Crippen molar-refractivity contribution in [1.82, 2.24) is 4.90 Å². The lowest BCUT2D eigenvalue weighted by Crippen LogP contribution is -2.34. The molecule has 0 bridgehead atoms. The largest absolute Gasteiger partial charge is 0.490 e. The molecule has 164 valence electrons. The van der Waals surface area contributed by atoms with Gasteiger partial charge < -0.3 is 14.2 Å². The monoisotopic (exact) mass is 435 g/mol. The molecule has 1 saturated heterocycles. The van der Waals surface area contributed by atoms with Crippen molar-refractivity contribution in [2.45, 2.75) is 53.1 Å². The highest BCUT2D eigenvalue weighted by atomic mass is 32.2. The molecular weight excluding hydrogens is 406 g/mol. The Morgan fingerprint density at radius 3 is 2.63 bits per heavy atom. The molecule has 8 heteroatoms. The van der Waals surface area contributed by atoms with E-state index in [0.717, 1.165) is 35.9 Å². The van der Waals surface area contributed by atoms with Crippen LogP contribution in [0.2, 0.25) is 0 Å². The van der Waals surface area contributed by atoms with Crippen molar-refractivity contribution in [2.24, 2.45) is 0 Å². The number of benzene rings is 1. The Bertz CT molecular complexity index is 807. The molecule has 30 heavy (non-hydrogen) atoms. The second-order valence-corrected chi connectivity index (χ2v) is 7.81. The van der Waals surface area contributed by atoms with Gasteiger partial charge in [0.15, 0.2) is 11.5 Å². The van der Waals surface area contributed by atoms with E-state index in [0.29, 0.717) is 23.7 Å². The Morgan fingerprint density at radius 2 is 1.97 bits per heavy atom. The highest BCUT2D eigenvalue weighted by Gasteiger charge is 2.36. The van der Waals surface area contributed by atoms with Crippen molar-refractivity contribution < 1.29 is 28.6 Å². The molecule has 1 aromatic rings. The van der Waals surface area contributed by atoms with Gasteiger partial charge in [-0.3, -0.25) is 19.3 Å². The van der Waals surface area contributed by atoms with E-state index in [2.05, 4.69) is 0 Å². The number of ether oxygens (including phenoxy) is 3. The molecule has 1 aliphatic heterocycles. The number of nitrogens with zero attached hydrogens (tertiary/aromatic N) is 1. The van der Waals surface area contributed by atoms with E-state index < -0.39 is 17.1 Å². The number of amides is 2. The molecule has 1 fully saturated rings. The number of hydrogen-bond acceptors (Lipinski definition) is 7. The summed E-state index contributed by atoms with van der Waals surface area (Å²) in [5.41, 5.74) is 0.700. The summed E-state index contributed by atoms with van der Waals surface area (Å²) in [6.07, 6.45) is 4.16. The Hall–Kier alpha value is -2.48. The Labute approximate surface area is 181 Å². The summed E-state index contributed by atoms with van der Waals surface area (Å²) in [5, 5.41) is -0.486. The van der Waals surface area contributed by atoms with Gasteiger partial charge in [0.1, 0.15) is 6.54 Å². The van der Waals surface area contributed by atoms with Crippen molar-refractivity contribution >= 4 is 35.0 Å². The molecule has 0 N–H and O–H groups in total. The van der Waals surface area contributed by atoms with Crippen LogP contribution in [0, 0.1) is 0 Å². The summed E-state index contributed by atoms with van der Waals surface area (Å²) < 4.78 is 16.6. The predicted octanol–water partition coefficient (Wildman–Crippen LogP) is 4.64. The van der Waals surface area contributed by atoms with Crippen LogP contribution in [-0.4, -0.2) is 47.9 Å². The van der Waals surface area contributed by atoms with Crippen molar-refractivity contribution in [3.8, 4) is 11.5 Å². The van der Waals surface area contributed by atoms with Crippen LogP contribution in [0.4, 0.5) is 4.79 Å². The van der Waals surface area contributed by atoms with Gasteiger partial charge in [-0.2, -0.15) is 0 Å². The molecular formula is C22H29NO6S. The number of rotatable bonds is 11. The minimum absolute atomic E-state index is 0.0450. The van der Waals surface area contributed by atoms with Crippen LogP contribution in [-0.2, 0) is 14.3 Å². The predicted molar refractivity (Wildman–Crippen MR) is 117 cm³/mol. The van der Waals surface area contributed by atoms with Gasteiger partial charge in [0.25, 0.3) is 11.1 Å². The second-order valence-electron chi connectivity index (χ2n) is 6.82. The van der Waals surface area contributed by atoms with E-state index in [1.54, 1.807) is 24.3 Å². The van der Waals surface area contributed by atoms with E-state index in [-0.39, 0.29) is 24.2 Å². The van der Waals surface area contributed by atoms with Crippen LogP contribution in [0.25, 0.3) is 6.08 Å².